The van der Waals surface area contributed by atoms with Crippen molar-refractivity contribution >= 4 is 18.0 Å². The Morgan fingerprint density at radius 2 is 1.86 bits per heavy atom. The van der Waals surface area contributed by atoms with Gasteiger partial charge in [-0.25, -0.2) is 14.4 Å². The fraction of sp³-hybridized carbons (Fsp3) is 0.350. The predicted molar refractivity (Wildman–Crippen MR) is 105 cm³/mol. The van der Waals surface area contributed by atoms with E-state index < -0.39 is 30.4 Å². The zero-order valence-electron chi connectivity index (χ0n) is 16.0. The molecule has 0 aliphatic heterocycles. The van der Waals surface area contributed by atoms with E-state index in [0.29, 0.717) is 22.5 Å². The third-order valence-electron chi connectivity index (χ3n) is 4.12. The fourth-order valence-electron chi connectivity index (χ4n) is 2.80. The van der Waals surface area contributed by atoms with Gasteiger partial charge in [-0.2, -0.15) is 0 Å². The first kappa shape index (κ1) is 22.3. The van der Waals surface area contributed by atoms with E-state index in [4.69, 9.17) is 5.11 Å². The van der Waals surface area contributed by atoms with Crippen molar-refractivity contribution in [3.8, 4) is 11.3 Å². The van der Waals surface area contributed by atoms with Gasteiger partial charge in [0.2, 0.25) is 0 Å². The van der Waals surface area contributed by atoms with Gasteiger partial charge in [-0.3, -0.25) is 4.79 Å². The van der Waals surface area contributed by atoms with Gasteiger partial charge in [-0.1, -0.05) is 26.0 Å². The standard InChI is InChI=1S/C20H22FN3O5/c1-11(2)18-16(8-7-14(25)9-15(26)10-17(27)28)19(23-20(22-18)24-29)12-3-5-13(21)6-4-12/h3-8,11,14-15,25-26H,9-10H2,1-2H3,(H,27,28)/b8-7+/t14-,15-/m1/s1. The van der Waals surface area contributed by atoms with Gasteiger partial charge in [0.1, 0.15) is 5.82 Å². The van der Waals surface area contributed by atoms with Crippen LogP contribution in [0.3, 0.4) is 0 Å². The quantitative estimate of drug-likeness (QED) is 0.546. The molecule has 0 aliphatic carbocycles. The summed E-state index contributed by atoms with van der Waals surface area (Å²) in [5.74, 6) is -1.98. The van der Waals surface area contributed by atoms with Crippen LogP contribution in [0.15, 0.2) is 35.5 Å². The number of aromatic nitrogens is 2. The molecule has 2 atom stereocenters. The number of carboxylic acid groups (broad SMARTS) is 1. The second-order valence-electron chi connectivity index (χ2n) is 6.84. The number of carboxylic acids is 1. The van der Waals surface area contributed by atoms with Crippen molar-refractivity contribution < 1.29 is 24.5 Å². The molecule has 0 aliphatic rings. The SMILES string of the molecule is CC(C)c1nc(N=O)nc(-c2ccc(F)cc2)c1/C=C/[C@@H](O)C[C@@H](O)CC(=O)O. The van der Waals surface area contributed by atoms with E-state index in [1.165, 1.54) is 30.3 Å². The smallest absolute Gasteiger partial charge is 0.305 e. The predicted octanol–water partition coefficient (Wildman–Crippen LogP) is 3.40. The molecule has 29 heavy (non-hydrogen) atoms. The van der Waals surface area contributed by atoms with Gasteiger partial charge in [0.05, 0.1) is 30.0 Å². The number of hydrogen-bond acceptors (Lipinski definition) is 7. The van der Waals surface area contributed by atoms with Gasteiger partial charge in [-0.05, 0) is 30.2 Å². The minimum atomic E-state index is -1.20. The highest BCUT2D eigenvalue weighted by Crippen LogP contribution is 2.31. The van der Waals surface area contributed by atoms with E-state index >= 15 is 0 Å². The Morgan fingerprint density at radius 1 is 1.21 bits per heavy atom. The monoisotopic (exact) mass is 403 g/mol. The van der Waals surface area contributed by atoms with Crippen molar-refractivity contribution in [1.82, 2.24) is 9.97 Å². The minimum absolute atomic E-state index is 0.118. The average Bonchev–Trinajstić information content (AvgIpc) is 2.65. The zero-order valence-corrected chi connectivity index (χ0v) is 16.0. The first-order chi connectivity index (χ1) is 13.7. The van der Waals surface area contributed by atoms with Crippen LogP contribution in [0.25, 0.3) is 17.3 Å². The zero-order chi connectivity index (χ0) is 21.6. The van der Waals surface area contributed by atoms with Crippen LogP contribution in [0, 0.1) is 10.7 Å². The molecule has 8 nitrogen and oxygen atoms in total. The fourth-order valence-corrected chi connectivity index (χ4v) is 2.80. The number of hydrogen-bond donors (Lipinski definition) is 3. The molecule has 2 rings (SSSR count). The number of nitroso groups, excluding NO2 is 1. The molecule has 0 radical (unpaired) electrons. The molecule has 0 bridgehead atoms. The Balaban J connectivity index is 2.46. The van der Waals surface area contributed by atoms with Crippen LogP contribution in [0.4, 0.5) is 10.3 Å². The molecule has 2 aromatic rings. The van der Waals surface area contributed by atoms with Gasteiger partial charge in [0, 0.05) is 22.7 Å². The third-order valence-corrected chi connectivity index (χ3v) is 4.12. The van der Waals surface area contributed by atoms with Crippen molar-refractivity contribution in [2.45, 2.75) is 44.8 Å². The number of benzene rings is 1. The molecule has 1 heterocycles. The van der Waals surface area contributed by atoms with Crippen molar-refractivity contribution in [3.63, 3.8) is 0 Å². The van der Waals surface area contributed by atoms with Gasteiger partial charge >= 0.3 is 5.97 Å². The normalized spacial score (nSPS) is 13.6. The molecule has 0 saturated carbocycles. The van der Waals surface area contributed by atoms with Gasteiger partial charge in [-0.15, -0.1) is 4.91 Å². The van der Waals surface area contributed by atoms with E-state index in [1.54, 1.807) is 6.08 Å². The van der Waals surface area contributed by atoms with E-state index in [0.717, 1.165) is 0 Å². The first-order valence-corrected chi connectivity index (χ1v) is 8.98. The summed E-state index contributed by atoms with van der Waals surface area (Å²) < 4.78 is 13.3. The topological polar surface area (TPSA) is 133 Å². The van der Waals surface area contributed by atoms with Gasteiger partial charge in [0.25, 0.3) is 5.95 Å². The largest absolute Gasteiger partial charge is 0.481 e. The molecule has 1 aromatic carbocycles. The Bertz CT molecular complexity index is 900. The van der Waals surface area contributed by atoms with Crippen molar-refractivity contribution in [2.75, 3.05) is 0 Å². The summed E-state index contributed by atoms with van der Waals surface area (Å²) in [7, 11) is 0. The van der Waals surface area contributed by atoms with Gasteiger partial charge < -0.3 is 15.3 Å². The van der Waals surface area contributed by atoms with Crippen molar-refractivity contribution in [1.29, 1.82) is 0 Å². The van der Waals surface area contributed by atoms with Crippen molar-refractivity contribution in [2.24, 2.45) is 5.18 Å². The molecule has 0 unspecified atom stereocenters. The molecule has 0 amide bonds. The molecular formula is C20H22FN3O5. The lowest BCUT2D eigenvalue weighted by molar-refractivity contribution is -0.139. The minimum Gasteiger partial charge on any atom is -0.481 e. The first-order valence-electron chi connectivity index (χ1n) is 8.98. The summed E-state index contributed by atoms with van der Waals surface area (Å²) in [5.41, 5.74) is 1.88. The number of aliphatic hydroxyl groups is 2. The summed E-state index contributed by atoms with van der Waals surface area (Å²) in [6, 6.07) is 5.51. The highest BCUT2D eigenvalue weighted by molar-refractivity contribution is 5.74. The van der Waals surface area contributed by atoms with Crippen LogP contribution in [-0.4, -0.2) is 43.5 Å². The molecule has 0 saturated heterocycles. The number of carbonyl (C=O) groups is 1. The number of aliphatic carboxylic acids is 1. The van der Waals surface area contributed by atoms with Crippen LogP contribution < -0.4 is 0 Å². The summed E-state index contributed by atoms with van der Waals surface area (Å²) >= 11 is 0. The van der Waals surface area contributed by atoms with Crippen LogP contribution in [-0.2, 0) is 4.79 Å². The summed E-state index contributed by atoms with van der Waals surface area (Å²) in [6.45, 7) is 3.71. The third kappa shape index (κ3) is 6.23. The Kier molecular flexibility index (Phi) is 7.63. The highest BCUT2D eigenvalue weighted by atomic mass is 19.1. The molecule has 0 spiro atoms. The summed E-state index contributed by atoms with van der Waals surface area (Å²) in [6.07, 6.45) is -0.0375. The van der Waals surface area contributed by atoms with E-state index in [9.17, 15) is 24.3 Å². The Labute approximate surface area is 166 Å². The maximum atomic E-state index is 13.3. The number of nitrogens with zero attached hydrogens (tertiary/aromatic N) is 3. The Morgan fingerprint density at radius 3 is 2.41 bits per heavy atom. The highest BCUT2D eigenvalue weighted by Gasteiger charge is 2.18. The second-order valence-corrected chi connectivity index (χ2v) is 6.84. The van der Waals surface area contributed by atoms with Crippen LogP contribution in [0.1, 0.15) is 43.9 Å². The maximum Gasteiger partial charge on any atom is 0.305 e. The van der Waals surface area contributed by atoms with Crippen molar-refractivity contribution in [3.05, 3.63) is 52.3 Å². The van der Waals surface area contributed by atoms with E-state index in [-0.39, 0.29) is 18.3 Å². The summed E-state index contributed by atoms with van der Waals surface area (Å²) in [5, 5.41) is 31.3. The Hall–Kier alpha value is -3.04. The molecular weight excluding hydrogens is 381 g/mol. The molecule has 9 heteroatoms. The lowest BCUT2D eigenvalue weighted by atomic mass is 9.97. The van der Waals surface area contributed by atoms with Gasteiger partial charge in [0.15, 0.2) is 0 Å². The van der Waals surface area contributed by atoms with Crippen LogP contribution in [0.2, 0.25) is 0 Å². The number of rotatable bonds is 9. The maximum absolute atomic E-state index is 13.3. The average molecular weight is 403 g/mol. The molecule has 154 valence electrons. The van der Waals surface area contributed by atoms with Crippen LogP contribution in [0.5, 0.6) is 0 Å². The molecule has 3 N–H and O–H groups in total. The van der Waals surface area contributed by atoms with Crippen LogP contribution >= 0.6 is 0 Å². The molecule has 0 fully saturated rings. The lowest BCUT2D eigenvalue weighted by Gasteiger charge is -2.15. The lowest BCUT2D eigenvalue weighted by Crippen LogP contribution is -2.19. The van der Waals surface area contributed by atoms with E-state index in [1.807, 2.05) is 13.8 Å². The summed E-state index contributed by atoms with van der Waals surface area (Å²) in [4.78, 5) is 30.0. The number of halogens is 1. The molecule has 1 aromatic heterocycles. The number of aliphatic hydroxyl groups excluding tert-OH is 2. The van der Waals surface area contributed by atoms with E-state index in [2.05, 4.69) is 15.1 Å². The second kappa shape index (κ2) is 9.94.